The highest BCUT2D eigenvalue weighted by atomic mass is 16.5. The molecule has 2 heteroatoms. The fourth-order valence-corrected chi connectivity index (χ4v) is 13.6. The molecule has 11 aromatic carbocycles. The smallest absolute Gasteiger partial charge is 0.127 e. The maximum absolute atomic E-state index is 6.45. The van der Waals surface area contributed by atoms with Crippen molar-refractivity contribution >= 4 is 29.2 Å². The summed E-state index contributed by atoms with van der Waals surface area (Å²) in [7, 11) is 0. The zero-order chi connectivity index (χ0) is 55.9. The van der Waals surface area contributed by atoms with Crippen LogP contribution in [0, 0.1) is 0 Å². The average Bonchev–Trinajstić information content (AvgIpc) is 2.62. The second-order valence-corrected chi connectivity index (χ2v) is 24.1. The summed E-state index contributed by atoms with van der Waals surface area (Å²) in [5, 5.41) is 0. The van der Waals surface area contributed by atoms with Gasteiger partial charge in [-0.1, -0.05) is 236 Å². The number of nitrogens with zero attached hydrogens (tertiary/aromatic N) is 1. The van der Waals surface area contributed by atoms with Crippen molar-refractivity contribution in [2.24, 2.45) is 0 Å². The van der Waals surface area contributed by atoms with Gasteiger partial charge >= 0.3 is 0 Å². The zero-order valence-electron chi connectivity index (χ0n) is 47.4. The predicted octanol–water partition coefficient (Wildman–Crippen LogP) is 21.3. The van der Waals surface area contributed by atoms with Crippen LogP contribution in [-0.2, 0) is 29.1 Å². The molecule has 0 saturated carbocycles. The molecule has 0 spiro atoms. The minimum Gasteiger partial charge on any atom is -0.457 e. The molecule has 0 fully saturated rings. The number of hydrogen-bond donors (Lipinski definition) is 0. The van der Waals surface area contributed by atoms with Crippen molar-refractivity contribution in [1.82, 2.24) is 0 Å². The van der Waals surface area contributed by atoms with E-state index in [0.717, 1.165) is 58.1 Å². The van der Waals surface area contributed by atoms with Crippen molar-refractivity contribution < 1.29 is 4.74 Å². The van der Waals surface area contributed by atoms with Crippen LogP contribution in [0.1, 0.15) is 95.8 Å². The first-order valence-electron chi connectivity index (χ1n) is 28.9. The van der Waals surface area contributed by atoms with Crippen molar-refractivity contribution in [3.05, 3.63) is 317 Å². The first-order chi connectivity index (χ1) is 39.9. The minimum absolute atomic E-state index is 0.00668. The first-order valence-corrected chi connectivity index (χ1v) is 28.9. The minimum atomic E-state index is -0.609. The number of hydrogen-bond acceptors (Lipinski definition) is 2. The normalized spacial score (nSPS) is 15.0. The Kier molecular flexibility index (Phi) is 12.1. The van der Waals surface area contributed by atoms with Crippen molar-refractivity contribution in [3.63, 3.8) is 0 Å². The Balaban J connectivity index is 0.871. The summed E-state index contributed by atoms with van der Waals surface area (Å²) in [4.78, 5) is 2.43. The largest absolute Gasteiger partial charge is 0.457 e. The summed E-state index contributed by atoms with van der Waals surface area (Å²) in [5.41, 5.74) is 29.0. The molecular formula is C80H65NO. The fraction of sp³-hybridized carbons (Fsp3) is 0.125. The van der Waals surface area contributed by atoms with Gasteiger partial charge < -0.3 is 9.64 Å². The van der Waals surface area contributed by atoms with E-state index in [1.54, 1.807) is 0 Å². The van der Waals surface area contributed by atoms with E-state index in [4.69, 9.17) is 4.74 Å². The van der Waals surface area contributed by atoms with Crippen LogP contribution in [0.5, 0.6) is 11.5 Å². The van der Waals surface area contributed by atoms with E-state index in [9.17, 15) is 0 Å². The van der Waals surface area contributed by atoms with Gasteiger partial charge in [0.15, 0.2) is 0 Å². The van der Waals surface area contributed by atoms with Gasteiger partial charge in [-0.2, -0.15) is 0 Å². The van der Waals surface area contributed by atoms with Gasteiger partial charge in [-0.25, -0.2) is 0 Å². The fourth-order valence-electron chi connectivity index (χ4n) is 13.6. The molecule has 14 rings (SSSR count). The molecule has 82 heavy (non-hydrogen) atoms. The molecule has 0 heterocycles. The molecule has 0 aromatic heterocycles. The lowest BCUT2D eigenvalue weighted by molar-refractivity contribution is 0.482. The van der Waals surface area contributed by atoms with Crippen molar-refractivity contribution in [2.45, 2.75) is 63.7 Å². The van der Waals surface area contributed by atoms with Crippen molar-refractivity contribution in [2.75, 3.05) is 4.90 Å². The lowest BCUT2D eigenvalue weighted by Crippen LogP contribution is -2.29. The van der Waals surface area contributed by atoms with E-state index in [1.165, 1.54) is 100 Å². The van der Waals surface area contributed by atoms with Gasteiger partial charge in [0, 0.05) is 22.5 Å². The summed E-state index contributed by atoms with van der Waals surface area (Å²) >= 11 is 0. The highest BCUT2D eigenvalue weighted by Gasteiger charge is 2.46. The third-order valence-corrected chi connectivity index (χ3v) is 18.0. The number of anilines is 3. The Labute approximate surface area is 484 Å². The lowest BCUT2D eigenvalue weighted by Gasteiger charge is -2.34. The Morgan fingerprint density at radius 3 is 1.56 bits per heavy atom. The second-order valence-electron chi connectivity index (χ2n) is 24.1. The average molecular weight is 1060 g/mol. The molecule has 3 aliphatic carbocycles. The third-order valence-electron chi connectivity index (χ3n) is 18.0. The molecule has 0 amide bonds. The van der Waals surface area contributed by atoms with Gasteiger partial charge in [-0.3, -0.25) is 0 Å². The van der Waals surface area contributed by atoms with Crippen LogP contribution in [0.2, 0.25) is 0 Å². The van der Waals surface area contributed by atoms with E-state index in [-0.39, 0.29) is 10.8 Å². The molecule has 1 atom stereocenters. The molecule has 0 saturated heterocycles. The number of fused-ring (bicyclic) bond motifs is 7. The monoisotopic (exact) mass is 1060 g/mol. The number of ether oxygens (including phenoxy) is 1. The molecule has 3 aliphatic rings. The summed E-state index contributed by atoms with van der Waals surface area (Å²) in [6.07, 6.45) is 6.18. The van der Waals surface area contributed by atoms with Gasteiger partial charge in [0.05, 0.1) is 5.41 Å². The SMILES string of the molecule is C=Cc1ccc(Oc2ccc(C3(c4ccc(C(C)(C)C)cc4)c4ccccc4-c4ccc(-c5ccc(N(c6ccc(-c7ccccc7)cc6)c6ccc7c(c6)C(C)(C)c6c(-c8cc9c(cc8C=C)CC9)cccc6-7)cc5)cc43)cc2)cc1. The van der Waals surface area contributed by atoms with Crippen molar-refractivity contribution in [1.29, 1.82) is 0 Å². The molecule has 0 N–H and O–H groups in total. The molecular weight excluding hydrogens is 991 g/mol. The quantitative estimate of drug-likeness (QED) is 0.121. The zero-order valence-corrected chi connectivity index (χ0v) is 47.4. The van der Waals surface area contributed by atoms with E-state index in [2.05, 4.69) is 271 Å². The summed E-state index contributed by atoms with van der Waals surface area (Å²) in [5.74, 6) is 1.58. The third kappa shape index (κ3) is 8.30. The Morgan fingerprint density at radius 1 is 0.415 bits per heavy atom. The molecule has 0 bridgehead atoms. The highest BCUT2D eigenvalue weighted by Crippen LogP contribution is 2.58. The van der Waals surface area contributed by atoms with Gasteiger partial charge in [-0.05, 0) is 202 Å². The van der Waals surface area contributed by atoms with Crippen LogP contribution in [0.4, 0.5) is 17.1 Å². The van der Waals surface area contributed by atoms with Crippen LogP contribution in [0.15, 0.2) is 256 Å². The number of rotatable bonds is 12. The van der Waals surface area contributed by atoms with Crippen LogP contribution in [0.3, 0.4) is 0 Å². The lowest BCUT2D eigenvalue weighted by atomic mass is 9.67. The van der Waals surface area contributed by atoms with Gasteiger partial charge in [0.25, 0.3) is 0 Å². The number of benzene rings is 11. The summed E-state index contributed by atoms with van der Waals surface area (Å²) < 4.78 is 6.45. The first kappa shape index (κ1) is 50.7. The second kappa shape index (κ2) is 19.6. The van der Waals surface area contributed by atoms with E-state index >= 15 is 0 Å². The molecule has 0 radical (unpaired) electrons. The molecule has 0 aliphatic heterocycles. The Hall–Kier alpha value is -9.50. The van der Waals surface area contributed by atoms with E-state index < -0.39 is 5.41 Å². The standard InChI is InChI=1S/C80H65NO/c1-8-52-22-42-66(43-23-52)82-67-44-35-62(36-45-67)80(61-33-31-60(32-34-61)78(3,4)5)74-21-14-13-18-68(74)69-46-30-59(50-76(69)80)56-28-39-64(40-29-56)81(63-37-26-55(27-38-63)54-16-11-10-12-17-54)65-41-47-70-71-19-15-20-72(77(71)79(6,7)75(70)51-65)73-49-58-25-24-57(58)48-53(73)9-2/h8-23,26-51H,1-2,24-25H2,3-7H3. The van der Waals surface area contributed by atoms with Crippen LogP contribution < -0.4 is 9.64 Å². The molecule has 11 aromatic rings. The maximum Gasteiger partial charge on any atom is 0.127 e. The molecule has 396 valence electrons. The summed E-state index contributed by atoms with van der Waals surface area (Å²) in [6.45, 7) is 19.9. The molecule has 2 nitrogen and oxygen atoms in total. The number of aryl methyl sites for hydroxylation is 2. The Morgan fingerprint density at radius 2 is 0.927 bits per heavy atom. The van der Waals surface area contributed by atoms with Gasteiger partial charge in [-0.15, -0.1) is 0 Å². The van der Waals surface area contributed by atoms with Gasteiger partial charge in [0.1, 0.15) is 11.5 Å². The van der Waals surface area contributed by atoms with Crippen LogP contribution in [0.25, 0.3) is 67.8 Å². The van der Waals surface area contributed by atoms with E-state index in [1.807, 2.05) is 36.4 Å². The summed E-state index contributed by atoms with van der Waals surface area (Å²) in [6, 6.07) is 90.1. The van der Waals surface area contributed by atoms with Crippen molar-refractivity contribution in [3.8, 4) is 67.1 Å². The topological polar surface area (TPSA) is 12.5 Å². The predicted molar refractivity (Wildman–Crippen MR) is 345 cm³/mol. The van der Waals surface area contributed by atoms with Gasteiger partial charge in [0.2, 0.25) is 0 Å². The van der Waals surface area contributed by atoms with Crippen LogP contribution >= 0.6 is 0 Å². The highest BCUT2D eigenvalue weighted by molar-refractivity contribution is 5.93. The molecule has 1 unspecified atom stereocenters. The van der Waals surface area contributed by atoms with Crippen LogP contribution in [-0.4, -0.2) is 0 Å². The Bertz CT molecular complexity index is 4290. The maximum atomic E-state index is 6.45. The van der Waals surface area contributed by atoms with E-state index in [0.29, 0.717) is 0 Å².